The Morgan fingerprint density at radius 3 is 2.59 bits per heavy atom. The highest BCUT2D eigenvalue weighted by atomic mass is 16.7. The molecular weight excluding hydrogens is 292 g/mol. The number of carbonyl (C=O) groups is 2. The number of hydroxylamine groups is 1. The summed E-state index contributed by atoms with van der Waals surface area (Å²) in [6.07, 6.45) is 1.30. The van der Waals surface area contributed by atoms with E-state index in [2.05, 4.69) is 15.5 Å². The summed E-state index contributed by atoms with van der Waals surface area (Å²) in [5.74, 6) is -1.50. The lowest BCUT2D eigenvalue weighted by atomic mass is 10.3. The maximum absolute atomic E-state index is 11.5. The zero-order chi connectivity index (χ0) is 15.8. The second-order valence-corrected chi connectivity index (χ2v) is 3.94. The number of amides is 1. The van der Waals surface area contributed by atoms with E-state index >= 15 is 0 Å². The minimum absolute atomic E-state index is 0.0217. The van der Waals surface area contributed by atoms with E-state index in [1.165, 1.54) is 18.4 Å². The van der Waals surface area contributed by atoms with Crippen LogP contribution in [0.2, 0.25) is 0 Å². The van der Waals surface area contributed by atoms with Crippen LogP contribution in [0.15, 0.2) is 58.3 Å². The minimum Gasteiger partial charge on any atom is -0.476 e. The van der Waals surface area contributed by atoms with Gasteiger partial charge < -0.3 is 19.2 Å². The summed E-state index contributed by atoms with van der Waals surface area (Å²) < 4.78 is 4.90. The number of rotatable bonds is 7. The molecule has 0 spiro atoms. The van der Waals surface area contributed by atoms with Gasteiger partial charge in [-0.05, 0) is 24.3 Å². The summed E-state index contributed by atoms with van der Waals surface area (Å²) in [5, 5.41) is 12.3. The number of oxime groups is 1. The molecular formula is C14H12N2O6. The number of carbonyl (C=O) groups excluding carboxylic acids is 1. The van der Waals surface area contributed by atoms with Crippen LogP contribution in [0, 0.1) is 0 Å². The highest BCUT2D eigenvalue weighted by Crippen LogP contribution is 2.06. The smallest absolute Gasteiger partial charge is 0.361 e. The Morgan fingerprint density at radius 1 is 1.18 bits per heavy atom. The molecule has 0 radical (unpaired) electrons. The first-order chi connectivity index (χ1) is 10.7. The molecule has 0 saturated heterocycles. The number of benzene rings is 1. The zero-order valence-corrected chi connectivity index (χ0v) is 11.3. The van der Waals surface area contributed by atoms with Gasteiger partial charge in [0.25, 0.3) is 5.91 Å². The van der Waals surface area contributed by atoms with E-state index in [9.17, 15) is 9.59 Å². The molecule has 0 bridgehead atoms. The van der Waals surface area contributed by atoms with Crippen LogP contribution in [0.25, 0.3) is 0 Å². The van der Waals surface area contributed by atoms with Crippen molar-refractivity contribution in [3.63, 3.8) is 0 Å². The third-order valence-electron chi connectivity index (χ3n) is 2.33. The van der Waals surface area contributed by atoms with Gasteiger partial charge in [0.05, 0.1) is 6.26 Å². The summed E-state index contributed by atoms with van der Waals surface area (Å²) in [5.41, 5.74) is 1.69. The topological polar surface area (TPSA) is 110 Å². The molecule has 0 fully saturated rings. The Balaban J connectivity index is 1.82. The van der Waals surface area contributed by atoms with E-state index < -0.39 is 24.2 Å². The summed E-state index contributed by atoms with van der Waals surface area (Å²) >= 11 is 0. The standard InChI is InChI=1S/C14H12N2O6/c17-12(15-22-10-5-2-1-3-6-10)9-21-16-13(14(18)19)11-7-4-8-20-11/h1-8H,9H2,(H,15,17)(H,18,19)/b16-13-. The maximum atomic E-state index is 11.5. The van der Waals surface area contributed by atoms with Crippen molar-refractivity contribution in [2.24, 2.45) is 5.16 Å². The Labute approximate surface area is 124 Å². The van der Waals surface area contributed by atoms with Gasteiger partial charge in [-0.2, -0.15) is 5.48 Å². The van der Waals surface area contributed by atoms with Crippen molar-refractivity contribution in [3.8, 4) is 5.75 Å². The normalized spacial score (nSPS) is 10.8. The highest BCUT2D eigenvalue weighted by Gasteiger charge is 2.16. The molecule has 0 aliphatic rings. The first kappa shape index (κ1) is 15.1. The largest absolute Gasteiger partial charge is 0.476 e. The second kappa shape index (κ2) is 7.48. The molecule has 114 valence electrons. The van der Waals surface area contributed by atoms with Crippen molar-refractivity contribution in [1.29, 1.82) is 0 Å². The van der Waals surface area contributed by atoms with Gasteiger partial charge in [0.1, 0.15) is 0 Å². The van der Waals surface area contributed by atoms with Crippen LogP contribution in [0.5, 0.6) is 5.75 Å². The molecule has 1 aromatic heterocycles. The van der Waals surface area contributed by atoms with Gasteiger partial charge in [0.2, 0.25) is 5.71 Å². The van der Waals surface area contributed by atoms with Gasteiger partial charge >= 0.3 is 5.97 Å². The number of carboxylic acids is 1. The predicted octanol–water partition coefficient (Wildman–Crippen LogP) is 1.20. The Bertz CT molecular complexity index is 651. The van der Waals surface area contributed by atoms with Crippen LogP contribution >= 0.6 is 0 Å². The number of hydrogen-bond donors (Lipinski definition) is 2. The first-order valence-electron chi connectivity index (χ1n) is 6.14. The van der Waals surface area contributed by atoms with Crippen molar-refractivity contribution < 1.29 is 28.8 Å². The average Bonchev–Trinajstić information content (AvgIpc) is 3.04. The van der Waals surface area contributed by atoms with Gasteiger partial charge in [-0.15, -0.1) is 0 Å². The van der Waals surface area contributed by atoms with Gasteiger partial charge in [0.15, 0.2) is 18.1 Å². The quantitative estimate of drug-likeness (QED) is 0.587. The van der Waals surface area contributed by atoms with Crippen LogP contribution in [0.3, 0.4) is 0 Å². The lowest BCUT2D eigenvalue weighted by Gasteiger charge is -2.06. The molecule has 2 aromatic rings. The number of para-hydroxylation sites is 1. The number of aliphatic carboxylic acids is 1. The molecule has 1 aromatic carbocycles. The third-order valence-corrected chi connectivity index (χ3v) is 2.33. The zero-order valence-electron chi connectivity index (χ0n) is 11.3. The molecule has 8 nitrogen and oxygen atoms in total. The van der Waals surface area contributed by atoms with Crippen molar-refractivity contribution in [2.75, 3.05) is 6.61 Å². The molecule has 1 amide bonds. The molecule has 22 heavy (non-hydrogen) atoms. The summed E-state index contributed by atoms with van der Waals surface area (Å²) in [4.78, 5) is 32.1. The van der Waals surface area contributed by atoms with Gasteiger partial charge in [-0.3, -0.25) is 4.79 Å². The SMILES string of the molecule is O=C(CO/N=C(\C(=O)O)c1ccco1)NOc1ccccc1. The summed E-state index contributed by atoms with van der Waals surface area (Å²) in [6.45, 7) is -0.510. The number of nitrogens with one attached hydrogen (secondary N) is 1. The van der Waals surface area contributed by atoms with E-state index in [-0.39, 0.29) is 5.76 Å². The molecule has 1 heterocycles. The molecule has 2 N–H and O–H groups in total. The molecule has 2 rings (SSSR count). The molecule has 0 saturated carbocycles. The fraction of sp³-hybridized carbons (Fsp3) is 0.0714. The van der Waals surface area contributed by atoms with Crippen molar-refractivity contribution >= 4 is 17.6 Å². The van der Waals surface area contributed by atoms with Crippen LogP contribution in [-0.4, -0.2) is 29.3 Å². The lowest BCUT2D eigenvalue weighted by molar-refractivity contribution is -0.133. The third kappa shape index (κ3) is 4.37. The monoisotopic (exact) mass is 304 g/mol. The van der Waals surface area contributed by atoms with Crippen LogP contribution in [0.1, 0.15) is 5.76 Å². The number of hydrogen-bond acceptors (Lipinski definition) is 6. The van der Waals surface area contributed by atoms with Gasteiger partial charge in [-0.1, -0.05) is 23.4 Å². The average molecular weight is 304 g/mol. The van der Waals surface area contributed by atoms with Crippen molar-refractivity contribution in [1.82, 2.24) is 5.48 Å². The van der Waals surface area contributed by atoms with E-state index in [1.54, 1.807) is 30.3 Å². The predicted molar refractivity (Wildman–Crippen MR) is 74.0 cm³/mol. The minimum atomic E-state index is -1.34. The van der Waals surface area contributed by atoms with Crippen LogP contribution in [0.4, 0.5) is 0 Å². The second-order valence-electron chi connectivity index (χ2n) is 3.94. The molecule has 0 atom stereocenters. The lowest BCUT2D eigenvalue weighted by Crippen LogP contribution is -2.30. The van der Waals surface area contributed by atoms with Crippen LogP contribution < -0.4 is 10.3 Å². The van der Waals surface area contributed by atoms with E-state index in [4.69, 9.17) is 14.4 Å². The van der Waals surface area contributed by atoms with E-state index in [1.807, 2.05) is 0 Å². The van der Waals surface area contributed by atoms with Crippen molar-refractivity contribution in [3.05, 3.63) is 54.5 Å². The highest BCUT2D eigenvalue weighted by molar-refractivity contribution is 6.41. The molecule has 8 heteroatoms. The Kier molecular flexibility index (Phi) is 5.14. The number of nitrogens with zero attached hydrogens (tertiary/aromatic N) is 1. The number of furan rings is 1. The van der Waals surface area contributed by atoms with Gasteiger partial charge in [-0.25, -0.2) is 4.79 Å². The van der Waals surface area contributed by atoms with E-state index in [0.29, 0.717) is 5.75 Å². The maximum Gasteiger partial charge on any atom is 0.361 e. The fourth-order valence-corrected chi connectivity index (χ4v) is 1.39. The van der Waals surface area contributed by atoms with E-state index in [0.717, 1.165) is 0 Å². The van der Waals surface area contributed by atoms with Gasteiger partial charge in [0, 0.05) is 0 Å². The first-order valence-corrected chi connectivity index (χ1v) is 6.14. The Morgan fingerprint density at radius 2 is 1.95 bits per heavy atom. The fourth-order valence-electron chi connectivity index (χ4n) is 1.39. The van der Waals surface area contributed by atoms with Crippen LogP contribution in [-0.2, 0) is 14.4 Å². The summed E-state index contributed by atoms with van der Waals surface area (Å²) in [7, 11) is 0. The number of carboxylic acid groups (broad SMARTS) is 1. The van der Waals surface area contributed by atoms with Crippen molar-refractivity contribution in [2.45, 2.75) is 0 Å². The summed E-state index contributed by atoms with van der Waals surface area (Å²) in [6, 6.07) is 11.5. The Hall–Kier alpha value is -3.29. The molecule has 0 unspecified atom stereocenters. The molecule has 0 aliphatic carbocycles. The molecule has 0 aliphatic heterocycles.